The molecule has 1 aromatic carbocycles. The molecule has 1 aliphatic rings. The Balaban J connectivity index is 1.97. The molecule has 0 amide bonds. The molecule has 0 saturated carbocycles. The van der Waals surface area contributed by atoms with Crippen LogP contribution in [0, 0.1) is 6.92 Å². The molecule has 6 heteroatoms. The number of nitrogens with zero attached hydrogens (tertiary/aromatic N) is 2. The number of ether oxygens (including phenoxy) is 1. The molecule has 0 fully saturated rings. The Morgan fingerprint density at radius 2 is 2.08 bits per heavy atom. The second-order valence-electron chi connectivity index (χ2n) is 6.11. The highest BCUT2D eigenvalue weighted by Crippen LogP contribution is 2.17. The van der Waals surface area contributed by atoms with Crippen molar-refractivity contribution in [2.75, 3.05) is 13.7 Å². The Labute approximate surface area is 146 Å². The Kier molecular flexibility index (Phi) is 4.97. The summed E-state index contributed by atoms with van der Waals surface area (Å²) in [6, 6.07) is 10.0. The summed E-state index contributed by atoms with van der Waals surface area (Å²) in [6.45, 7) is 3.11. The van der Waals surface area contributed by atoms with Gasteiger partial charge in [-0.1, -0.05) is 30.3 Å². The number of rotatable bonds is 3. The zero-order valence-corrected chi connectivity index (χ0v) is 14.4. The van der Waals surface area contributed by atoms with Crippen LogP contribution in [0.1, 0.15) is 22.6 Å². The van der Waals surface area contributed by atoms with E-state index in [0.29, 0.717) is 36.5 Å². The van der Waals surface area contributed by atoms with Crippen LogP contribution in [0.4, 0.5) is 0 Å². The fourth-order valence-corrected chi connectivity index (χ4v) is 3.03. The summed E-state index contributed by atoms with van der Waals surface area (Å²) < 4.78 is 4.90. The summed E-state index contributed by atoms with van der Waals surface area (Å²) in [4.78, 5) is 33.7. The van der Waals surface area contributed by atoms with Crippen molar-refractivity contribution in [2.45, 2.75) is 26.3 Å². The van der Waals surface area contributed by atoms with Crippen LogP contribution in [-0.2, 0) is 28.9 Å². The Hall–Kier alpha value is -2.89. The highest BCUT2D eigenvalue weighted by atomic mass is 16.5. The first-order chi connectivity index (χ1) is 12.1. The van der Waals surface area contributed by atoms with Gasteiger partial charge in [0, 0.05) is 37.7 Å². The third-order valence-corrected chi connectivity index (χ3v) is 4.24. The molecular formula is C19H21N3O3. The van der Waals surface area contributed by atoms with E-state index in [2.05, 4.69) is 14.9 Å². The number of methoxy groups -OCH3 is 1. The SMILES string of the molecule is COC(=O)C1=CN(Cc2ccccc2)CCc2nc(C)[nH]c(=O)c2C1. The van der Waals surface area contributed by atoms with E-state index in [-0.39, 0.29) is 12.0 Å². The quantitative estimate of drug-likeness (QED) is 0.862. The van der Waals surface area contributed by atoms with Crippen LogP contribution in [0.2, 0.25) is 0 Å². The molecule has 130 valence electrons. The number of hydrogen-bond donors (Lipinski definition) is 1. The summed E-state index contributed by atoms with van der Waals surface area (Å²) in [7, 11) is 1.35. The highest BCUT2D eigenvalue weighted by Gasteiger charge is 2.21. The lowest BCUT2D eigenvalue weighted by molar-refractivity contribution is -0.136. The minimum atomic E-state index is -0.425. The van der Waals surface area contributed by atoms with Crippen molar-refractivity contribution in [3.05, 3.63) is 75.1 Å². The Morgan fingerprint density at radius 3 is 2.80 bits per heavy atom. The lowest BCUT2D eigenvalue weighted by Crippen LogP contribution is -2.29. The number of carbonyl (C=O) groups is 1. The maximum Gasteiger partial charge on any atom is 0.335 e. The summed E-state index contributed by atoms with van der Waals surface area (Å²) in [5.74, 6) is 0.161. The molecule has 0 atom stereocenters. The molecule has 1 N–H and O–H groups in total. The van der Waals surface area contributed by atoms with Gasteiger partial charge in [-0.05, 0) is 12.5 Å². The predicted octanol–water partition coefficient (Wildman–Crippen LogP) is 1.74. The molecular weight excluding hydrogens is 318 g/mol. The van der Waals surface area contributed by atoms with Crippen LogP contribution in [-0.4, -0.2) is 34.5 Å². The molecule has 0 saturated heterocycles. The zero-order valence-electron chi connectivity index (χ0n) is 14.4. The van der Waals surface area contributed by atoms with E-state index >= 15 is 0 Å². The van der Waals surface area contributed by atoms with Crippen LogP contribution in [0.3, 0.4) is 0 Å². The molecule has 6 nitrogen and oxygen atoms in total. The van der Waals surface area contributed by atoms with E-state index in [0.717, 1.165) is 11.3 Å². The molecule has 0 spiro atoms. The fraction of sp³-hybridized carbons (Fsp3) is 0.316. The molecule has 1 aromatic heterocycles. The van der Waals surface area contributed by atoms with Crippen molar-refractivity contribution in [3.8, 4) is 0 Å². The molecule has 0 unspecified atom stereocenters. The molecule has 0 aliphatic carbocycles. The minimum Gasteiger partial charge on any atom is -0.466 e. The van der Waals surface area contributed by atoms with E-state index in [1.165, 1.54) is 7.11 Å². The first-order valence-corrected chi connectivity index (χ1v) is 8.22. The van der Waals surface area contributed by atoms with Crippen molar-refractivity contribution in [2.24, 2.45) is 0 Å². The number of hydrogen-bond acceptors (Lipinski definition) is 5. The van der Waals surface area contributed by atoms with Crippen molar-refractivity contribution in [1.29, 1.82) is 0 Å². The molecule has 25 heavy (non-hydrogen) atoms. The third-order valence-electron chi connectivity index (χ3n) is 4.24. The van der Waals surface area contributed by atoms with E-state index in [9.17, 15) is 9.59 Å². The average Bonchev–Trinajstić information content (AvgIpc) is 2.59. The molecule has 0 bridgehead atoms. The van der Waals surface area contributed by atoms with Crippen LogP contribution >= 0.6 is 0 Å². The van der Waals surface area contributed by atoms with Gasteiger partial charge >= 0.3 is 5.97 Å². The molecule has 3 rings (SSSR count). The number of H-pyrrole nitrogens is 1. The van der Waals surface area contributed by atoms with Gasteiger partial charge in [0.25, 0.3) is 5.56 Å². The number of esters is 1. The van der Waals surface area contributed by atoms with Crippen LogP contribution < -0.4 is 5.56 Å². The molecule has 2 heterocycles. The fourth-order valence-electron chi connectivity index (χ4n) is 3.03. The Bertz CT molecular complexity index is 856. The van der Waals surface area contributed by atoms with Gasteiger partial charge in [-0.15, -0.1) is 0 Å². The van der Waals surface area contributed by atoms with Gasteiger partial charge in [-0.25, -0.2) is 9.78 Å². The summed E-state index contributed by atoms with van der Waals surface area (Å²) >= 11 is 0. The highest BCUT2D eigenvalue weighted by molar-refractivity contribution is 5.88. The lowest BCUT2D eigenvalue weighted by atomic mass is 10.0. The maximum atomic E-state index is 12.3. The number of nitrogens with one attached hydrogen (secondary N) is 1. The topological polar surface area (TPSA) is 75.3 Å². The average molecular weight is 339 g/mol. The van der Waals surface area contributed by atoms with E-state index in [1.807, 2.05) is 30.3 Å². The third kappa shape index (κ3) is 3.96. The van der Waals surface area contributed by atoms with Crippen molar-refractivity contribution in [3.63, 3.8) is 0 Å². The van der Waals surface area contributed by atoms with Crippen LogP contribution in [0.5, 0.6) is 0 Å². The number of carbonyl (C=O) groups excluding carboxylic acids is 1. The van der Waals surface area contributed by atoms with E-state index in [1.54, 1.807) is 13.1 Å². The first-order valence-electron chi connectivity index (χ1n) is 8.22. The largest absolute Gasteiger partial charge is 0.466 e. The van der Waals surface area contributed by atoms with Gasteiger partial charge in [0.05, 0.1) is 18.4 Å². The second-order valence-corrected chi connectivity index (χ2v) is 6.11. The number of aromatic amines is 1. The van der Waals surface area contributed by atoms with Crippen molar-refractivity contribution < 1.29 is 9.53 Å². The molecule has 0 radical (unpaired) electrons. The zero-order chi connectivity index (χ0) is 17.8. The van der Waals surface area contributed by atoms with Gasteiger partial charge in [-0.3, -0.25) is 4.79 Å². The normalized spacial score (nSPS) is 14.2. The second kappa shape index (κ2) is 7.34. The minimum absolute atomic E-state index is 0.186. The van der Waals surface area contributed by atoms with Crippen molar-refractivity contribution in [1.82, 2.24) is 14.9 Å². The van der Waals surface area contributed by atoms with Gasteiger partial charge in [-0.2, -0.15) is 0 Å². The monoisotopic (exact) mass is 339 g/mol. The van der Waals surface area contributed by atoms with Crippen molar-refractivity contribution >= 4 is 5.97 Å². The first kappa shape index (κ1) is 17.0. The summed E-state index contributed by atoms with van der Waals surface area (Å²) in [5, 5.41) is 0. The summed E-state index contributed by atoms with van der Waals surface area (Å²) in [5.41, 5.74) is 2.71. The lowest BCUT2D eigenvalue weighted by Gasteiger charge is -2.25. The standard InChI is InChI=1S/C19H21N3O3/c1-13-20-17-8-9-22(11-14-6-4-3-5-7-14)12-15(19(24)25-2)10-16(17)18(23)21-13/h3-7,12H,8-11H2,1-2H3,(H,20,21,23). The number of aryl methyl sites for hydroxylation is 1. The number of fused-ring (bicyclic) bond motifs is 1. The van der Waals surface area contributed by atoms with Crippen LogP contribution in [0.25, 0.3) is 0 Å². The van der Waals surface area contributed by atoms with Gasteiger partial charge in [0.2, 0.25) is 0 Å². The number of aromatic nitrogens is 2. The van der Waals surface area contributed by atoms with Crippen LogP contribution in [0.15, 0.2) is 46.9 Å². The predicted molar refractivity (Wildman–Crippen MR) is 94.0 cm³/mol. The smallest absolute Gasteiger partial charge is 0.335 e. The van der Waals surface area contributed by atoms with Gasteiger partial charge in [0.1, 0.15) is 5.82 Å². The van der Waals surface area contributed by atoms with E-state index < -0.39 is 5.97 Å². The maximum absolute atomic E-state index is 12.3. The summed E-state index contributed by atoms with van der Waals surface area (Å²) in [6.07, 6.45) is 2.68. The van der Waals surface area contributed by atoms with Gasteiger partial charge in [0.15, 0.2) is 0 Å². The molecule has 2 aromatic rings. The Morgan fingerprint density at radius 1 is 1.32 bits per heavy atom. The number of benzene rings is 1. The van der Waals surface area contributed by atoms with Gasteiger partial charge < -0.3 is 14.6 Å². The van der Waals surface area contributed by atoms with E-state index in [4.69, 9.17) is 4.74 Å². The molecule has 1 aliphatic heterocycles.